The molecule has 0 aliphatic carbocycles. The maximum absolute atomic E-state index is 11.7. The van der Waals surface area contributed by atoms with E-state index in [9.17, 15) is 8.42 Å². The van der Waals surface area contributed by atoms with Crippen molar-refractivity contribution < 1.29 is 8.42 Å². The molecule has 0 unspecified atom stereocenters. The van der Waals surface area contributed by atoms with Gasteiger partial charge in [-0.1, -0.05) is 0 Å². The minimum absolute atomic E-state index is 0.312. The molecule has 2 aromatic carbocycles. The van der Waals surface area contributed by atoms with E-state index in [4.69, 9.17) is 4.98 Å². The minimum atomic E-state index is -3.21. The summed E-state index contributed by atoms with van der Waals surface area (Å²) in [5.41, 5.74) is 4.02. The van der Waals surface area contributed by atoms with Crippen LogP contribution in [0.1, 0.15) is 5.56 Å². The number of sulfone groups is 1. The monoisotopic (exact) mass is 409 g/mol. The maximum atomic E-state index is 11.7. The molecule has 1 aliphatic heterocycles. The molecule has 0 fully saturated rings. The van der Waals surface area contributed by atoms with Crippen molar-refractivity contribution in [3.05, 3.63) is 60.3 Å². The highest BCUT2D eigenvalue weighted by atomic mass is 32.2. The molecule has 8 heteroatoms. The number of aromatic nitrogens is 2. The molecular formula is C21H23N5O2S. The van der Waals surface area contributed by atoms with Crippen LogP contribution in [0.15, 0.2) is 59.6 Å². The average Bonchev–Trinajstić information content (AvgIpc) is 3.11. The van der Waals surface area contributed by atoms with Gasteiger partial charge in [0.15, 0.2) is 9.84 Å². The third-order valence-corrected chi connectivity index (χ3v) is 6.05. The van der Waals surface area contributed by atoms with Crippen molar-refractivity contribution in [2.75, 3.05) is 42.0 Å². The van der Waals surface area contributed by atoms with Gasteiger partial charge < -0.3 is 15.1 Å². The molecule has 1 aromatic heterocycles. The van der Waals surface area contributed by atoms with Crippen molar-refractivity contribution in [1.82, 2.24) is 9.97 Å². The Morgan fingerprint density at radius 1 is 1.03 bits per heavy atom. The number of nitrogens with one attached hydrogen (secondary N) is 1. The fraction of sp³-hybridized carbons (Fsp3) is 0.238. The van der Waals surface area contributed by atoms with Crippen molar-refractivity contribution in [3.63, 3.8) is 0 Å². The predicted molar refractivity (Wildman–Crippen MR) is 116 cm³/mol. The van der Waals surface area contributed by atoms with Gasteiger partial charge in [-0.15, -0.1) is 0 Å². The number of nitrogens with zero attached hydrogens (tertiary/aromatic N) is 4. The standard InChI is InChI=1S/C21H23N5O2S/c1-25(2)17-6-4-16(5-7-17)23-21-22-14-15-12-13-26(20(15)24-21)18-8-10-19(11-9-18)29(3,27)28/h4-11,14H,12-13H2,1-3H3,(H,22,23,24). The van der Waals surface area contributed by atoms with E-state index in [-0.39, 0.29) is 0 Å². The lowest BCUT2D eigenvalue weighted by Gasteiger charge is -2.19. The maximum Gasteiger partial charge on any atom is 0.229 e. The largest absolute Gasteiger partial charge is 0.378 e. The highest BCUT2D eigenvalue weighted by molar-refractivity contribution is 7.90. The van der Waals surface area contributed by atoms with Crippen molar-refractivity contribution in [2.24, 2.45) is 0 Å². The summed E-state index contributed by atoms with van der Waals surface area (Å²) in [6.07, 6.45) is 3.91. The normalized spacial score (nSPS) is 13.3. The van der Waals surface area contributed by atoms with Gasteiger partial charge in [-0.05, 0) is 55.0 Å². The highest BCUT2D eigenvalue weighted by Crippen LogP contribution is 2.34. The molecule has 29 heavy (non-hydrogen) atoms. The smallest absolute Gasteiger partial charge is 0.229 e. The molecule has 2 heterocycles. The molecule has 1 aliphatic rings. The lowest BCUT2D eigenvalue weighted by atomic mass is 10.2. The van der Waals surface area contributed by atoms with E-state index in [1.165, 1.54) is 6.26 Å². The van der Waals surface area contributed by atoms with Crippen molar-refractivity contribution in [2.45, 2.75) is 11.3 Å². The van der Waals surface area contributed by atoms with Crippen LogP contribution >= 0.6 is 0 Å². The molecule has 0 saturated heterocycles. The number of hydrogen-bond acceptors (Lipinski definition) is 7. The van der Waals surface area contributed by atoms with Crippen LogP contribution in [0.4, 0.5) is 28.8 Å². The Kier molecular flexibility index (Phi) is 4.87. The molecule has 0 atom stereocenters. The van der Waals surface area contributed by atoms with E-state index in [2.05, 4.69) is 15.2 Å². The first-order valence-electron chi connectivity index (χ1n) is 9.29. The molecule has 4 rings (SSSR count). The molecule has 1 N–H and O–H groups in total. The molecule has 0 radical (unpaired) electrons. The van der Waals surface area contributed by atoms with Crippen LogP contribution in [0.5, 0.6) is 0 Å². The summed E-state index contributed by atoms with van der Waals surface area (Å²) in [7, 11) is 0.795. The van der Waals surface area contributed by atoms with Crippen LogP contribution in [0.2, 0.25) is 0 Å². The first kappa shape index (κ1) is 19.2. The van der Waals surface area contributed by atoms with Crippen LogP contribution in [-0.4, -0.2) is 45.3 Å². The van der Waals surface area contributed by atoms with Gasteiger partial charge in [0.2, 0.25) is 5.95 Å². The van der Waals surface area contributed by atoms with Crippen LogP contribution in [0, 0.1) is 0 Å². The molecule has 0 bridgehead atoms. The van der Waals surface area contributed by atoms with Gasteiger partial charge in [0, 0.05) is 55.7 Å². The summed E-state index contributed by atoms with van der Waals surface area (Å²) in [5, 5.41) is 3.25. The Bertz CT molecular complexity index is 1130. The summed E-state index contributed by atoms with van der Waals surface area (Å²) in [5.74, 6) is 1.38. The Morgan fingerprint density at radius 2 is 1.72 bits per heavy atom. The molecule has 0 saturated carbocycles. The fourth-order valence-corrected chi connectivity index (χ4v) is 3.93. The van der Waals surface area contributed by atoms with E-state index in [1.807, 2.05) is 61.6 Å². The van der Waals surface area contributed by atoms with Crippen molar-refractivity contribution in [3.8, 4) is 0 Å². The van der Waals surface area contributed by atoms with Gasteiger partial charge in [0.05, 0.1) is 4.90 Å². The summed E-state index contributed by atoms with van der Waals surface area (Å²) >= 11 is 0. The number of anilines is 5. The quantitative estimate of drug-likeness (QED) is 0.692. The summed E-state index contributed by atoms with van der Waals surface area (Å²) < 4.78 is 23.4. The van der Waals surface area contributed by atoms with E-state index in [1.54, 1.807) is 12.1 Å². The fourth-order valence-electron chi connectivity index (χ4n) is 3.30. The number of fused-ring (bicyclic) bond motifs is 1. The van der Waals surface area contributed by atoms with Gasteiger partial charge in [0.1, 0.15) is 5.82 Å². The number of benzene rings is 2. The third kappa shape index (κ3) is 4.02. The SMILES string of the molecule is CN(C)c1ccc(Nc2ncc3c(n2)N(c2ccc(S(C)(=O)=O)cc2)CC3)cc1. The molecule has 0 amide bonds. The first-order chi connectivity index (χ1) is 13.8. The van der Waals surface area contributed by atoms with Gasteiger partial charge in [-0.25, -0.2) is 13.4 Å². The molecule has 3 aromatic rings. The van der Waals surface area contributed by atoms with Gasteiger partial charge >= 0.3 is 0 Å². The van der Waals surface area contributed by atoms with E-state index in [0.717, 1.165) is 41.4 Å². The second kappa shape index (κ2) is 7.36. The Balaban J connectivity index is 1.58. The van der Waals surface area contributed by atoms with Gasteiger partial charge in [-0.2, -0.15) is 4.98 Å². The molecule has 0 spiro atoms. The average molecular weight is 410 g/mol. The van der Waals surface area contributed by atoms with E-state index < -0.39 is 9.84 Å². The van der Waals surface area contributed by atoms with E-state index >= 15 is 0 Å². The Labute approximate surface area is 170 Å². The predicted octanol–water partition coefficient (Wildman–Crippen LogP) is 3.38. The summed E-state index contributed by atoms with van der Waals surface area (Å²) in [6, 6.07) is 15.0. The zero-order valence-electron chi connectivity index (χ0n) is 16.6. The summed E-state index contributed by atoms with van der Waals surface area (Å²) in [4.78, 5) is 13.6. The second-order valence-electron chi connectivity index (χ2n) is 7.28. The molecular weight excluding hydrogens is 386 g/mol. The Hall–Kier alpha value is -3.13. The van der Waals surface area contributed by atoms with Crippen LogP contribution in [0.3, 0.4) is 0 Å². The molecule has 150 valence electrons. The lowest BCUT2D eigenvalue weighted by molar-refractivity contribution is 0.602. The third-order valence-electron chi connectivity index (χ3n) is 4.92. The van der Waals surface area contributed by atoms with Crippen LogP contribution < -0.4 is 15.1 Å². The minimum Gasteiger partial charge on any atom is -0.378 e. The van der Waals surface area contributed by atoms with Crippen LogP contribution in [-0.2, 0) is 16.3 Å². The topological polar surface area (TPSA) is 78.4 Å². The Morgan fingerprint density at radius 3 is 2.34 bits per heavy atom. The van der Waals surface area contributed by atoms with Crippen molar-refractivity contribution in [1.29, 1.82) is 0 Å². The van der Waals surface area contributed by atoms with Crippen molar-refractivity contribution >= 4 is 38.7 Å². The number of rotatable bonds is 5. The second-order valence-corrected chi connectivity index (χ2v) is 9.29. The zero-order valence-corrected chi connectivity index (χ0v) is 17.4. The van der Waals surface area contributed by atoms with Gasteiger partial charge in [-0.3, -0.25) is 0 Å². The first-order valence-corrected chi connectivity index (χ1v) is 11.2. The van der Waals surface area contributed by atoms with Gasteiger partial charge in [0.25, 0.3) is 0 Å². The van der Waals surface area contributed by atoms with E-state index in [0.29, 0.717) is 10.8 Å². The number of hydrogen-bond donors (Lipinski definition) is 1. The van der Waals surface area contributed by atoms with Crippen LogP contribution in [0.25, 0.3) is 0 Å². The lowest BCUT2D eigenvalue weighted by Crippen LogP contribution is -2.15. The zero-order chi connectivity index (χ0) is 20.6. The molecule has 7 nitrogen and oxygen atoms in total. The highest BCUT2D eigenvalue weighted by Gasteiger charge is 2.23. The summed E-state index contributed by atoms with van der Waals surface area (Å²) in [6.45, 7) is 0.781.